The van der Waals surface area contributed by atoms with Gasteiger partial charge in [-0.3, -0.25) is 5.32 Å². The lowest BCUT2D eigenvalue weighted by molar-refractivity contribution is -0.0397. The van der Waals surface area contributed by atoms with E-state index in [0.717, 1.165) is 0 Å². The van der Waals surface area contributed by atoms with Crippen LogP contribution in [-0.2, 0) is 22.1 Å². The van der Waals surface area contributed by atoms with Crippen LogP contribution in [0.5, 0.6) is 0 Å². The van der Waals surface area contributed by atoms with Crippen LogP contribution in [0, 0.1) is 0 Å². The summed E-state index contributed by atoms with van der Waals surface area (Å²) in [5.41, 5.74) is -3.49. The van der Waals surface area contributed by atoms with Crippen molar-refractivity contribution in [2.24, 2.45) is 0 Å². The first-order valence-electron chi connectivity index (χ1n) is 11.5. The van der Waals surface area contributed by atoms with E-state index in [-0.39, 0.29) is 12.2 Å². The molecule has 0 fully saturated rings. The zero-order valence-electron chi connectivity index (χ0n) is 20.7. The number of aromatic nitrogens is 2. The van der Waals surface area contributed by atoms with Gasteiger partial charge in [0.25, 0.3) is 0 Å². The van der Waals surface area contributed by atoms with Gasteiger partial charge in [-0.05, 0) is 50.6 Å². The Morgan fingerprint density at radius 1 is 1.03 bits per heavy atom. The van der Waals surface area contributed by atoms with Crippen LogP contribution >= 0.6 is 0 Å². The van der Waals surface area contributed by atoms with Gasteiger partial charge in [-0.15, -0.1) is 0 Å². The Kier molecular flexibility index (Phi) is 7.83. The summed E-state index contributed by atoms with van der Waals surface area (Å²) >= 11 is 0. The smallest absolute Gasteiger partial charge is 0.444 e. The monoisotopic (exact) mass is 546 g/mol. The number of ether oxygens (including phenoxy) is 1. The predicted molar refractivity (Wildman–Crippen MR) is 137 cm³/mol. The molecule has 2 N–H and O–H groups in total. The number of halogens is 3. The zero-order chi connectivity index (χ0) is 27.5. The first-order valence-corrected chi connectivity index (χ1v) is 12.7. The molecule has 38 heavy (non-hydrogen) atoms. The largest absolute Gasteiger partial charge is 0.485 e. The van der Waals surface area contributed by atoms with Crippen LogP contribution in [-0.4, -0.2) is 31.6 Å². The Hall–Kier alpha value is -3.77. The van der Waals surface area contributed by atoms with Crippen molar-refractivity contribution >= 4 is 33.9 Å². The van der Waals surface area contributed by atoms with Crippen molar-refractivity contribution in [3.8, 4) is 11.3 Å². The number of nitrogens with zero attached hydrogens (tertiary/aromatic N) is 2. The maximum absolute atomic E-state index is 13.3. The summed E-state index contributed by atoms with van der Waals surface area (Å²) in [6.45, 7) is 5.13. The third-order valence-electron chi connectivity index (χ3n) is 5.28. The molecule has 0 aliphatic heterocycles. The second-order valence-electron chi connectivity index (χ2n) is 9.34. The van der Waals surface area contributed by atoms with Gasteiger partial charge in [0.05, 0.1) is 6.04 Å². The lowest BCUT2D eigenvalue weighted by atomic mass is 9.94. The van der Waals surface area contributed by atoms with Crippen LogP contribution in [0.1, 0.15) is 38.1 Å². The van der Waals surface area contributed by atoms with Gasteiger partial charge in [0.15, 0.2) is 16.6 Å². The minimum Gasteiger partial charge on any atom is -0.444 e. The van der Waals surface area contributed by atoms with Crippen LogP contribution in [0.15, 0.2) is 71.3 Å². The van der Waals surface area contributed by atoms with Gasteiger partial charge in [0.2, 0.25) is 0 Å². The van der Waals surface area contributed by atoms with Crippen molar-refractivity contribution < 1.29 is 31.4 Å². The molecule has 4 aromatic rings. The number of para-hydroxylation sites is 1. The minimum atomic E-state index is -4.98. The zero-order valence-corrected chi connectivity index (χ0v) is 21.5. The van der Waals surface area contributed by atoms with E-state index < -0.39 is 34.2 Å². The second-order valence-corrected chi connectivity index (χ2v) is 10.6. The number of pyridine rings is 1. The highest BCUT2D eigenvalue weighted by Crippen LogP contribution is 2.35. The summed E-state index contributed by atoms with van der Waals surface area (Å²) in [5, 5.41) is 7.34. The maximum atomic E-state index is 13.3. The number of rotatable bonds is 7. The highest BCUT2D eigenvalue weighted by Gasteiger charge is 2.39. The van der Waals surface area contributed by atoms with Crippen molar-refractivity contribution in [1.29, 1.82) is 0 Å². The molecule has 0 radical (unpaired) electrons. The van der Waals surface area contributed by atoms with Crippen LogP contribution in [0.4, 0.5) is 23.8 Å². The quantitative estimate of drug-likeness (QED) is 0.282. The van der Waals surface area contributed by atoms with Crippen LogP contribution in [0.25, 0.3) is 22.2 Å². The Morgan fingerprint density at radius 2 is 1.74 bits per heavy atom. The Labute approximate surface area is 219 Å². The molecule has 12 heteroatoms. The molecule has 1 unspecified atom stereocenters. The van der Waals surface area contributed by atoms with E-state index in [2.05, 4.69) is 20.2 Å². The molecule has 0 saturated carbocycles. The molecule has 0 aliphatic carbocycles. The van der Waals surface area contributed by atoms with Gasteiger partial charge in [-0.1, -0.05) is 47.6 Å². The second kappa shape index (κ2) is 10.9. The Morgan fingerprint density at radius 3 is 2.47 bits per heavy atom. The molecule has 2 heterocycles. The van der Waals surface area contributed by atoms with Crippen molar-refractivity contribution in [2.75, 3.05) is 5.32 Å². The summed E-state index contributed by atoms with van der Waals surface area (Å²) < 4.78 is 64.9. The normalized spacial score (nSPS) is 13.7. The van der Waals surface area contributed by atoms with Gasteiger partial charge >= 0.3 is 11.6 Å². The lowest BCUT2D eigenvalue weighted by Gasteiger charge is -2.22. The topological polar surface area (TPSA) is 106 Å². The molecule has 0 spiro atoms. The number of nitrogens with one attached hydrogen (secondary N) is 2. The molecule has 2 atom stereocenters. The fourth-order valence-electron chi connectivity index (χ4n) is 3.79. The van der Waals surface area contributed by atoms with Gasteiger partial charge in [0, 0.05) is 23.1 Å². The fraction of sp³-hybridized carbons (Fsp3) is 0.269. The summed E-state index contributed by atoms with van der Waals surface area (Å²) in [6, 6.07) is 17.5. The molecule has 0 saturated heterocycles. The number of amides is 1. The van der Waals surface area contributed by atoms with Gasteiger partial charge < -0.3 is 9.26 Å². The number of anilines is 1. The minimum absolute atomic E-state index is 0.0849. The maximum Gasteiger partial charge on any atom is 0.485 e. The molecule has 2 aromatic carbocycles. The highest BCUT2D eigenvalue weighted by molar-refractivity contribution is 7.83. The molecule has 200 valence electrons. The van der Waals surface area contributed by atoms with Crippen LogP contribution < -0.4 is 10.0 Å². The van der Waals surface area contributed by atoms with Crippen molar-refractivity contribution in [3.05, 3.63) is 78.0 Å². The average Bonchev–Trinajstić information content (AvgIpc) is 3.26. The number of hydrogen-bond donors (Lipinski definition) is 2. The molecule has 2 aromatic heterocycles. The van der Waals surface area contributed by atoms with Crippen molar-refractivity contribution in [3.63, 3.8) is 0 Å². The first kappa shape index (κ1) is 27.3. The summed E-state index contributed by atoms with van der Waals surface area (Å²) in [5.74, 6) is 0.156. The summed E-state index contributed by atoms with van der Waals surface area (Å²) in [7, 11) is -3.36. The molecular formula is C26H25F3N4O4S. The van der Waals surface area contributed by atoms with Crippen molar-refractivity contribution in [1.82, 2.24) is 14.9 Å². The predicted octanol–water partition coefficient (Wildman–Crippen LogP) is 6.29. The van der Waals surface area contributed by atoms with E-state index in [4.69, 9.17) is 9.26 Å². The van der Waals surface area contributed by atoms with E-state index in [1.165, 1.54) is 6.07 Å². The van der Waals surface area contributed by atoms with Gasteiger partial charge in [-0.25, -0.2) is 18.7 Å². The Balaban J connectivity index is 1.70. The molecular weight excluding hydrogens is 521 g/mol. The van der Waals surface area contributed by atoms with E-state index in [0.29, 0.717) is 33.5 Å². The molecule has 1 amide bonds. The fourth-order valence-corrected chi connectivity index (χ4v) is 4.39. The van der Waals surface area contributed by atoms with E-state index in [1.54, 1.807) is 81.4 Å². The molecule has 4 rings (SSSR count). The number of fused-ring (bicyclic) bond motifs is 1. The average molecular weight is 547 g/mol. The number of carbonyl (C=O) groups is 1. The van der Waals surface area contributed by atoms with Crippen LogP contribution in [0.2, 0.25) is 0 Å². The standard InChI is InChI=1S/C26H25F3N4O4S/c1-25(2,3)36-24(34)31-22-14-8-9-16(30-22)15-20(33-38(35)26(27,28)29)17-10-4-5-11-18(17)23-19-12-6-7-13-21(19)37-32-23/h4-14,20,33H,15H2,1-3H3,(H,30,31,34)/t20-,38?/m0/s1. The van der Waals surface area contributed by atoms with E-state index in [9.17, 15) is 22.2 Å². The first-order chi connectivity index (χ1) is 17.9. The third kappa shape index (κ3) is 6.75. The number of hydrogen-bond acceptors (Lipinski definition) is 6. The highest BCUT2D eigenvalue weighted by atomic mass is 32.2. The Bertz CT molecular complexity index is 1470. The molecule has 8 nitrogen and oxygen atoms in total. The third-order valence-corrected chi connectivity index (χ3v) is 6.20. The summed E-state index contributed by atoms with van der Waals surface area (Å²) in [6.07, 6.45) is -0.809. The van der Waals surface area contributed by atoms with Gasteiger partial charge in [-0.2, -0.15) is 13.2 Å². The van der Waals surface area contributed by atoms with Crippen LogP contribution in [0.3, 0.4) is 0 Å². The molecule has 0 aliphatic rings. The number of alkyl halides is 3. The summed E-state index contributed by atoms with van der Waals surface area (Å²) in [4.78, 5) is 16.5. The lowest BCUT2D eigenvalue weighted by Crippen LogP contribution is -2.34. The SMILES string of the molecule is CC(C)(C)OC(=O)Nc1cccc(C[C@H](NS(=O)C(F)(F)F)c2ccccc2-c2noc3ccccc23)n1. The number of carbonyl (C=O) groups excluding carboxylic acids is 1. The van der Waals surface area contributed by atoms with Crippen molar-refractivity contribution in [2.45, 2.75) is 44.3 Å². The molecule has 0 bridgehead atoms. The van der Waals surface area contributed by atoms with E-state index in [1.807, 2.05) is 0 Å². The van der Waals surface area contributed by atoms with E-state index >= 15 is 0 Å². The van der Waals surface area contributed by atoms with Gasteiger partial charge in [0.1, 0.15) is 17.1 Å². The number of benzene rings is 2.